The third-order valence-corrected chi connectivity index (χ3v) is 3.49. The number of nitrogen functional groups attached to an aromatic ring is 1. The topological polar surface area (TPSA) is 85.2 Å². The van der Waals surface area contributed by atoms with E-state index < -0.39 is 0 Å². The SMILES string of the molecule is CC(CCO)Sc1ccc(N)c2nonc12. The van der Waals surface area contributed by atoms with Gasteiger partial charge in [0, 0.05) is 16.8 Å². The van der Waals surface area contributed by atoms with E-state index in [9.17, 15) is 0 Å². The number of aromatic nitrogens is 2. The van der Waals surface area contributed by atoms with Crippen molar-refractivity contribution in [3.8, 4) is 0 Å². The Morgan fingerprint density at radius 1 is 1.44 bits per heavy atom. The highest BCUT2D eigenvalue weighted by Crippen LogP contribution is 2.32. The highest BCUT2D eigenvalue weighted by Gasteiger charge is 2.12. The summed E-state index contributed by atoms with van der Waals surface area (Å²) in [4.78, 5) is 0.978. The first kappa shape index (κ1) is 11.2. The summed E-state index contributed by atoms with van der Waals surface area (Å²) in [6.45, 7) is 2.24. The predicted molar refractivity (Wildman–Crippen MR) is 63.2 cm³/mol. The smallest absolute Gasteiger partial charge is 0.159 e. The van der Waals surface area contributed by atoms with Crippen molar-refractivity contribution in [3.63, 3.8) is 0 Å². The van der Waals surface area contributed by atoms with E-state index in [0.717, 1.165) is 11.3 Å². The summed E-state index contributed by atoms with van der Waals surface area (Å²) in [6.07, 6.45) is 0.738. The molecule has 1 aromatic carbocycles. The molecule has 86 valence electrons. The van der Waals surface area contributed by atoms with Crippen molar-refractivity contribution in [2.75, 3.05) is 12.3 Å². The minimum atomic E-state index is 0.184. The number of thioether (sulfide) groups is 1. The van der Waals surface area contributed by atoms with E-state index in [1.54, 1.807) is 17.8 Å². The molecule has 1 heterocycles. The lowest BCUT2D eigenvalue weighted by molar-refractivity contribution is 0.289. The molecule has 0 aliphatic heterocycles. The summed E-state index contributed by atoms with van der Waals surface area (Å²) in [7, 11) is 0. The first-order valence-corrected chi connectivity index (χ1v) is 5.88. The molecule has 1 aromatic heterocycles. The van der Waals surface area contributed by atoms with Crippen molar-refractivity contribution in [2.45, 2.75) is 23.5 Å². The third-order valence-electron chi connectivity index (χ3n) is 2.27. The second-order valence-electron chi connectivity index (χ2n) is 3.56. The van der Waals surface area contributed by atoms with Crippen molar-refractivity contribution < 1.29 is 9.74 Å². The van der Waals surface area contributed by atoms with Gasteiger partial charge in [0.1, 0.15) is 0 Å². The van der Waals surface area contributed by atoms with E-state index in [1.807, 2.05) is 6.07 Å². The summed E-state index contributed by atoms with van der Waals surface area (Å²) in [5.41, 5.74) is 7.60. The van der Waals surface area contributed by atoms with Gasteiger partial charge in [-0.05, 0) is 28.9 Å². The molecule has 0 spiro atoms. The second-order valence-corrected chi connectivity index (χ2v) is 5.04. The Hall–Kier alpha value is -1.27. The Kier molecular flexibility index (Phi) is 3.31. The van der Waals surface area contributed by atoms with Crippen LogP contribution in [0.4, 0.5) is 5.69 Å². The molecule has 1 unspecified atom stereocenters. The molecule has 0 amide bonds. The van der Waals surface area contributed by atoms with E-state index in [0.29, 0.717) is 22.0 Å². The van der Waals surface area contributed by atoms with Crippen LogP contribution in [0.15, 0.2) is 21.7 Å². The fraction of sp³-hybridized carbons (Fsp3) is 0.400. The van der Waals surface area contributed by atoms with Crippen LogP contribution in [0.25, 0.3) is 11.0 Å². The maximum atomic E-state index is 8.85. The van der Waals surface area contributed by atoms with Gasteiger partial charge in [-0.15, -0.1) is 11.8 Å². The second kappa shape index (κ2) is 4.71. The molecule has 0 fully saturated rings. The van der Waals surface area contributed by atoms with Gasteiger partial charge in [0.15, 0.2) is 11.0 Å². The number of hydrogen-bond acceptors (Lipinski definition) is 6. The van der Waals surface area contributed by atoms with Crippen LogP contribution in [-0.2, 0) is 0 Å². The molecular formula is C10H13N3O2S. The standard InChI is InChI=1S/C10H13N3O2S/c1-6(4-5-14)16-8-3-2-7(11)9-10(8)13-15-12-9/h2-3,6,14H,4-5,11H2,1H3. The lowest BCUT2D eigenvalue weighted by Crippen LogP contribution is -1.99. The van der Waals surface area contributed by atoms with Gasteiger partial charge in [0.05, 0.1) is 5.69 Å². The molecule has 2 rings (SSSR count). The highest BCUT2D eigenvalue weighted by atomic mass is 32.2. The van der Waals surface area contributed by atoms with E-state index in [1.165, 1.54) is 0 Å². The van der Waals surface area contributed by atoms with E-state index in [2.05, 4.69) is 21.9 Å². The third kappa shape index (κ3) is 2.12. The van der Waals surface area contributed by atoms with Crippen LogP contribution < -0.4 is 5.73 Å². The van der Waals surface area contributed by atoms with Crippen LogP contribution in [0.2, 0.25) is 0 Å². The molecule has 0 saturated heterocycles. The Labute approximate surface area is 97.0 Å². The molecule has 2 aromatic rings. The van der Waals surface area contributed by atoms with Gasteiger partial charge < -0.3 is 10.8 Å². The first-order chi connectivity index (χ1) is 7.72. The molecule has 0 saturated carbocycles. The van der Waals surface area contributed by atoms with Gasteiger partial charge in [-0.2, -0.15) is 0 Å². The molecule has 5 nitrogen and oxygen atoms in total. The summed E-state index contributed by atoms with van der Waals surface area (Å²) in [5, 5.41) is 16.8. The zero-order valence-electron chi connectivity index (χ0n) is 8.88. The molecule has 6 heteroatoms. The van der Waals surface area contributed by atoms with Crippen molar-refractivity contribution in [2.24, 2.45) is 0 Å². The lowest BCUT2D eigenvalue weighted by Gasteiger charge is -2.09. The fourth-order valence-corrected chi connectivity index (χ4v) is 2.46. The molecule has 1 atom stereocenters. The van der Waals surface area contributed by atoms with Crippen molar-refractivity contribution in [3.05, 3.63) is 12.1 Å². The van der Waals surface area contributed by atoms with Gasteiger partial charge in [-0.1, -0.05) is 6.92 Å². The van der Waals surface area contributed by atoms with E-state index in [-0.39, 0.29) is 6.61 Å². The van der Waals surface area contributed by atoms with Crippen molar-refractivity contribution in [1.29, 1.82) is 0 Å². The Bertz CT molecular complexity index is 486. The molecule has 0 aliphatic rings. The van der Waals surface area contributed by atoms with Gasteiger partial charge in [0.2, 0.25) is 0 Å². The van der Waals surface area contributed by atoms with Crippen LogP contribution in [-0.4, -0.2) is 27.3 Å². The monoisotopic (exact) mass is 239 g/mol. The molecular weight excluding hydrogens is 226 g/mol. The maximum absolute atomic E-state index is 8.85. The first-order valence-electron chi connectivity index (χ1n) is 5.00. The van der Waals surface area contributed by atoms with E-state index >= 15 is 0 Å². The number of fused-ring (bicyclic) bond motifs is 1. The average Bonchev–Trinajstić information content (AvgIpc) is 2.72. The Morgan fingerprint density at radius 2 is 2.19 bits per heavy atom. The summed E-state index contributed by atoms with van der Waals surface area (Å²) < 4.78 is 4.69. The normalized spacial score (nSPS) is 13.1. The molecule has 0 radical (unpaired) electrons. The summed E-state index contributed by atoms with van der Waals surface area (Å²) in [6, 6.07) is 3.70. The zero-order valence-corrected chi connectivity index (χ0v) is 9.70. The van der Waals surface area contributed by atoms with Crippen LogP contribution >= 0.6 is 11.8 Å². The van der Waals surface area contributed by atoms with Crippen molar-refractivity contribution >= 4 is 28.5 Å². The van der Waals surface area contributed by atoms with Crippen LogP contribution in [0.1, 0.15) is 13.3 Å². The Balaban J connectivity index is 2.31. The van der Waals surface area contributed by atoms with Gasteiger partial charge >= 0.3 is 0 Å². The number of rotatable bonds is 4. The zero-order chi connectivity index (χ0) is 11.5. The molecule has 16 heavy (non-hydrogen) atoms. The van der Waals surface area contributed by atoms with E-state index in [4.69, 9.17) is 10.8 Å². The number of nitrogens with zero attached hydrogens (tertiary/aromatic N) is 2. The highest BCUT2D eigenvalue weighted by molar-refractivity contribution is 8.00. The van der Waals surface area contributed by atoms with Crippen molar-refractivity contribution in [1.82, 2.24) is 10.3 Å². The minimum absolute atomic E-state index is 0.184. The van der Waals surface area contributed by atoms with Gasteiger partial charge in [0.25, 0.3) is 0 Å². The quantitative estimate of drug-likeness (QED) is 0.623. The number of benzene rings is 1. The number of anilines is 1. The summed E-state index contributed by atoms with van der Waals surface area (Å²) in [5.74, 6) is 0. The minimum Gasteiger partial charge on any atom is -0.397 e. The van der Waals surface area contributed by atoms with Crippen LogP contribution in [0, 0.1) is 0 Å². The predicted octanol–water partition coefficient (Wildman–Crippen LogP) is 1.67. The lowest BCUT2D eigenvalue weighted by atomic mass is 10.3. The fourth-order valence-electron chi connectivity index (χ4n) is 1.42. The number of aliphatic hydroxyl groups is 1. The maximum Gasteiger partial charge on any atom is 0.159 e. The molecule has 0 bridgehead atoms. The van der Waals surface area contributed by atoms with Crippen LogP contribution in [0.5, 0.6) is 0 Å². The van der Waals surface area contributed by atoms with Crippen LogP contribution in [0.3, 0.4) is 0 Å². The average molecular weight is 239 g/mol. The largest absolute Gasteiger partial charge is 0.397 e. The van der Waals surface area contributed by atoms with Gasteiger partial charge in [-0.25, -0.2) is 4.63 Å². The number of hydrogen-bond donors (Lipinski definition) is 2. The Morgan fingerprint density at radius 3 is 2.94 bits per heavy atom. The van der Waals surface area contributed by atoms with Gasteiger partial charge in [-0.3, -0.25) is 0 Å². The number of aliphatic hydroxyl groups excluding tert-OH is 1. The summed E-state index contributed by atoms with van der Waals surface area (Å²) >= 11 is 1.63. The molecule has 3 N–H and O–H groups in total. The molecule has 0 aliphatic carbocycles. The number of nitrogens with two attached hydrogens (primary N) is 1.